The molecule has 1 aliphatic rings. The largest absolute Gasteiger partial charge is 0.325 e. The van der Waals surface area contributed by atoms with E-state index in [0.717, 1.165) is 0 Å². The average Bonchev–Trinajstić information content (AvgIpc) is 2.67. The van der Waals surface area contributed by atoms with Crippen molar-refractivity contribution in [2.75, 3.05) is 31.5 Å². The summed E-state index contributed by atoms with van der Waals surface area (Å²) in [6, 6.07) is 12.8. The molecule has 1 amide bonds. The van der Waals surface area contributed by atoms with Crippen molar-refractivity contribution in [2.45, 2.75) is 17.9 Å². The zero-order valence-electron chi connectivity index (χ0n) is 15.3. The topological polar surface area (TPSA) is 69.7 Å². The Kier molecular flexibility index (Phi) is 6.62. The van der Waals surface area contributed by atoms with E-state index in [-0.39, 0.29) is 10.8 Å². The molecule has 0 aromatic heterocycles. The summed E-state index contributed by atoms with van der Waals surface area (Å²) in [5.74, 6) is -0.159. The van der Waals surface area contributed by atoms with E-state index in [4.69, 9.17) is 23.2 Å². The molecule has 0 saturated carbocycles. The minimum Gasteiger partial charge on any atom is -0.325 e. The van der Waals surface area contributed by atoms with Crippen molar-refractivity contribution in [3.8, 4) is 0 Å². The molecule has 3 rings (SSSR count). The van der Waals surface area contributed by atoms with Crippen LogP contribution in [0.2, 0.25) is 10.0 Å². The van der Waals surface area contributed by atoms with Gasteiger partial charge in [0.05, 0.1) is 10.9 Å². The zero-order chi connectivity index (χ0) is 20.3. The van der Waals surface area contributed by atoms with Crippen LogP contribution in [0.25, 0.3) is 0 Å². The summed E-state index contributed by atoms with van der Waals surface area (Å²) in [5, 5.41) is 3.77. The summed E-state index contributed by atoms with van der Waals surface area (Å²) in [6.45, 7) is 3.35. The monoisotopic (exact) mass is 441 g/mol. The number of benzene rings is 2. The number of anilines is 1. The maximum atomic E-state index is 12.8. The van der Waals surface area contributed by atoms with Crippen molar-refractivity contribution in [3.05, 3.63) is 58.6 Å². The van der Waals surface area contributed by atoms with Gasteiger partial charge in [0.2, 0.25) is 15.9 Å². The van der Waals surface area contributed by atoms with E-state index in [9.17, 15) is 13.2 Å². The highest BCUT2D eigenvalue weighted by Gasteiger charge is 2.31. The van der Waals surface area contributed by atoms with Gasteiger partial charge in [0.15, 0.2) is 0 Å². The van der Waals surface area contributed by atoms with Gasteiger partial charge in [-0.15, -0.1) is 0 Å². The molecule has 150 valence electrons. The van der Waals surface area contributed by atoms with Gasteiger partial charge in [-0.25, -0.2) is 8.42 Å². The summed E-state index contributed by atoms with van der Waals surface area (Å²) in [7, 11) is -3.60. The smallest absolute Gasteiger partial charge is 0.243 e. The molecule has 0 radical (unpaired) electrons. The first kappa shape index (κ1) is 21.1. The maximum absolute atomic E-state index is 12.8. The van der Waals surface area contributed by atoms with Gasteiger partial charge in [0, 0.05) is 41.9 Å². The van der Waals surface area contributed by atoms with Crippen molar-refractivity contribution < 1.29 is 13.2 Å². The highest BCUT2D eigenvalue weighted by molar-refractivity contribution is 7.89. The molecule has 9 heteroatoms. The molecule has 28 heavy (non-hydrogen) atoms. The lowest BCUT2D eigenvalue weighted by Gasteiger charge is -2.36. The van der Waals surface area contributed by atoms with Gasteiger partial charge < -0.3 is 5.32 Å². The second kappa shape index (κ2) is 8.80. The fraction of sp³-hybridized carbons (Fsp3) is 0.316. The Hall–Kier alpha value is -1.64. The van der Waals surface area contributed by atoms with Crippen LogP contribution in [0.15, 0.2) is 53.4 Å². The van der Waals surface area contributed by atoms with Crippen molar-refractivity contribution >= 4 is 44.8 Å². The van der Waals surface area contributed by atoms with Gasteiger partial charge in [-0.05, 0) is 43.3 Å². The summed E-state index contributed by atoms with van der Waals surface area (Å²) < 4.78 is 27.0. The van der Waals surface area contributed by atoms with Crippen molar-refractivity contribution in [3.63, 3.8) is 0 Å². The van der Waals surface area contributed by atoms with Crippen molar-refractivity contribution in [1.82, 2.24) is 9.21 Å². The van der Waals surface area contributed by atoms with Gasteiger partial charge in [-0.1, -0.05) is 35.3 Å². The lowest BCUT2D eigenvalue weighted by Crippen LogP contribution is -2.53. The van der Waals surface area contributed by atoms with Crippen molar-refractivity contribution in [2.24, 2.45) is 0 Å². The first-order chi connectivity index (χ1) is 13.3. The quantitative estimate of drug-likeness (QED) is 0.772. The molecule has 1 atom stereocenters. The average molecular weight is 442 g/mol. The van der Waals surface area contributed by atoms with Crippen LogP contribution in [-0.2, 0) is 14.8 Å². The third kappa shape index (κ3) is 4.85. The van der Waals surface area contributed by atoms with E-state index in [0.29, 0.717) is 41.9 Å². The molecule has 2 aromatic carbocycles. The van der Waals surface area contributed by atoms with Crippen LogP contribution in [0.1, 0.15) is 6.92 Å². The summed E-state index contributed by atoms with van der Waals surface area (Å²) in [5.41, 5.74) is 0.631. The van der Waals surface area contributed by atoms with E-state index in [1.165, 1.54) is 16.4 Å². The molecule has 0 bridgehead atoms. The van der Waals surface area contributed by atoms with Crippen LogP contribution in [0.3, 0.4) is 0 Å². The molecular weight excluding hydrogens is 421 g/mol. The number of nitrogens with zero attached hydrogens (tertiary/aromatic N) is 2. The molecule has 1 fully saturated rings. The third-order valence-corrected chi connectivity index (χ3v) is 7.09. The van der Waals surface area contributed by atoms with Gasteiger partial charge in [0.1, 0.15) is 0 Å². The maximum Gasteiger partial charge on any atom is 0.243 e. The number of carbonyl (C=O) groups excluding carboxylic acids is 1. The van der Waals surface area contributed by atoms with E-state index in [1.54, 1.807) is 43.3 Å². The number of halogens is 2. The molecule has 1 heterocycles. The Bertz CT molecular complexity index is 960. The second-order valence-electron chi connectivity index (χ2n) is 6.57. The predicted octanol–water partition coefficient (Wildman–Crippen LogP) is 3.33. The SMILES string of the molecule is CC(C(=O)Nc1cccc(Cl)c1)N1CCN(S(=O)(=O)c2cccc(Cl)c2)CC1. The Balaban J connectivity index is 1.60. The highest BCUT2D eigenvalue weighted by Crippen LogP contribution is 2.22. The third-order valence-electron chi connectivity index (χ3n) is 4.73. The predicted molar refractivity (Wildman–Crippen MR) is 111 cm³/mol. The number of rotatable bonds is 5. The van der Waals surface area contributed by atoms with Crippen LogP contribution in [0.5, 0.6) is 0 Å². The highest BCUT2D eigenvalue weighted by atomic mass is 35.5. The molecule has 0 spiro atoms. The van der Waals surface area contributed by atoms with Crippen LogP contribution < -0.4 is 5.32 Å². The van der Waals surface area contributed by atoms with Crippen molar-refractivity contribution in [1.29, 1.82) is 0 Å². The fourth-order valence-corrected chi connectivity index (χ4v) is 5.00. The Morgan fingerprint density at radius 1 is 1.00 bits per heavy atom. The lowest BCUT2D eigenvalue weighted by molar-refractivity contribution is -0.121. The fourth-order valence-electron chi connectivity index (χ4n) is 3.09. The van der Waals surface area contributed by atoms with E-state index < -0.39 is 16.1 Å². The van der Waals surface area contributed by atoms with Crippen LogP contribution in [0, 0.1) is 0 Å². The number of piperazine rings is 1. The second-order valence-corrected chi connectivity index (χ2v) is 9.38. The standard InChI is InChI=1S/C19H21Cl2N3O3S/c1-14(19(25)22-17-6-2-4-15(20)12-17)23-8-10-24(11-9-23)28(26,27)18-7-3-5-16(21)13-18/h2-7,12-14H,8-11H2,1H3,(H,22,25). The van der Waals surface area contributed by atoms with Gasteiger partial charge >= 0.3 is 0 Å². The first-order valence-electron chi connectivity index (χ1n) is 8.83. The number of carbonyl (C=O) groups is 1. The van der Waals surface area contributed by atoms with Gasteiger partial charge in [-0.3, -0.25) is 9.69 Å². The molecule has 1 aliphatic heterocycles. The van der Waals surface area contributed by atoms with Crippen LogP contribution in [-0.4, -0.2) is 55.8 Å². The number of amides is 1. The summed E-state index contributed by atoms with van der Waals surface area (Å²) >= 11 is 11.9. The Morgan fingerprint density at radius 3 is 2.21 bits per heavy atom. The van der Waals surface area contributed by atoms with Crippen LogP contribution in [0.4, 0.5) is 5.69 Å². The van der Waals surface area contributed by atoms with E-state index in [2.05, 4.69) is 5.32 Å². The molecule has 1 saturated heterocycles. The summed E-state index contributed by atoms with van der Waals surface area (Å²) in [6.07, 6.45) is 0. The number of nitrogens with one attached hydrogen (secondary N) is 1. The molecule has 0 aliphatic carbocycles. The summed E-state index contributed by atoms with van der Waals surface area (Å²) in [4.78, 5) is 14.7. The molecule has 6 nitrogen and oxygen atoms in total. The number of hydrogen-bond acceptors (Lipinski definition) is 4. The van der Waals surface area contributed by atoms with Gasteiger partial charge in [-0.2, -0.15) is 4.31 Å². The molecule has 2 aromatic rings. The zero-order valence-corrected chi connectivity index (χ0v) is 17.6. The minimum atomic E-state index is -3.60. The van der Waals surface area contributed by atoms with Gasteiger partial charge in [0.25, 0.3) is 0 Å². The van der Waals surface area contributed by atoms with E-state index >= 15 is 0 Å². The molecular formula is C19H21Cl2N3O3S. The Labute approximate surface area is 175 Å². The Morgan fingerprint density at radius 2 is 1.61 bits per heavy atom. The van der Waals surface area contributed by atoms with E-state index in [1.807, 2.05) is 4.90 Å². The molecule has 1 unspecified atom stereocenters. The lowest BCUT2D eigenvalue weighted by atomic mass is 10.2. The van der Waals surface area contributed by atoms with Crippen LogP contribution >= 0.6 is 23.2 Å². The number of hydrogen-bond donors (Lipinski definition) is 1. The normalized spacial score (nSPS) is 17.2. The first-order valence-corrected chi connectivity index (χ1v) is 11.0. The molecule has 1 N–H and O–H groups in total. The minimum absolute atomic E-state index is 0.159. The number of sulfonamides is 1.